The Morgan fingerprint density at radius 1 is 1.22 bits per heavy atom. The second kappa shape index (κ2) is 5.53. The minimum absolute atomic E-state index is 0.367. The van der Waals surface area contributed by atoms with E-state index in [0.29, 0.717) is 5.56 Å². The number of aryl methyl sites for hydroxylation is 1. The molecule has 1 rings (SSSR count). The summed E-state index contributed by atoms with van der Waals surface area (Å²) in [4.78, 5) is 27.5. The molecular formula is C13H17NO4. The number of ether oxygens (including phenoxy) is 1. The number of hydroxylamine groups is 1. The number of carbonyl (C=O) groups is 2. The monoisotopic (exact) mass is 251 g/mol. The van der Waals surface area contributed by atoms with Gasteiger partial charge in [-0.2, -0.15) is 0 Å². The summed E-state index contributed by atoms with van der Waals surface area (Å²) in [5, 5.41) is 0. The molecule has 1 N–H and O–H groups in total. The average molecular weight is 251 g/mol. The fourth-order valence-corrected chi connectivity index (χ4v) is 1.22. The molecule has 1 aromatic carbocycles. The van der Waals surface area contributed by atoms with Gasteiger partial charge >= 0.3 is 12.1 Å². The van der Waals surface area contributed by atoms with Crippen molar-refractivity contribution in [2.24, 2.45) is 0 Å². The highest BCUT2D eigenvalue weighted by molar-refractivity contribution is 5.90. The molecule has 0 fully saturated rings. The molecule has 0 heterocycles. The van der Waals surface area contributed by atoms with E-state index >= 15 is 0 Å². The summed E-state index contributed by atoms with van der Waals surface area (Å²) in [6.07, 6.45) is -0.802. The summed E-state index contributed by atoms with van der Waals surface area (Å²) in [5.74, 6) is -0.635. The molecule has 0 aliphatic carbocycles. The standard InChI is InChI=1S/C13H17NO4/c1-9-6-5-7-10(8-9)11(15)18-14-12(16)17-13(2,3)4/h5-8H,1-4H3,(H,14,16). The second-order valence-electron chi connectivity index (χ2n) is 4.86. The number of hydrogen-bond donors (Lipinski definition) is 1. The van der Waals surface area contributed by atoms with Crippen LogP contribution in [0.2, 0.25) is 0 Å². The lowest BCUT2D eigenvalue weighted by Crippen LogP contribution is -2.34. The lowest BCUT2D eigenvalue weighted by atomic mass is 10.1. The highest BCUT2D eigenvalue weighted by Crippen LogP contribution is 2.07. The van der Waals surface area contributed by atoms with Crippen molar-refractivity contribution in [2.75, 3.05) is 0 Å². The van der Waals surface area contributed by atoms with E-state index in [0.717, 1.165) is 5.56 Å². The van der Waals surface area contributed by atoms with Crippen molar-refractivity contribution >= 4 is 12.1 Å². The van der Waals surface area contributed by atoms with Crippen LogP contribution < -0.4 is 5.48 Å². The molecule has 0 unspecified atom stereocenters. The minimum Gasteiger partial charge on any atom is -0.442 e. The van der Waals surface area contributed by atoms with Crippen molar-refractivity contribution < 1.29 is 19.2 Å². The minimum atomic E-state index is -0.802. The molecule has 1 amide bonds. The molecule has 0 aliphatic heterocycles. The average Bonchev–Trinajstić information content (AvgIpc) is 2.23. The van der Waals surface area contributed by atoms with Crippen LogP contribution in [0.5, 0.6) is 0 Å². The van der Waals surface area contributed by atoms with Crippen molar-refractivity contribution in [3.05, 3.63) is 35.4 Å². The van der Waals surface area contributed by atoms with Crippen LogP contribution in [0.15, 0.2) is 24.3 Å². The number of hydrogen-bond acceptors (Lipinski definition) is 4. The molecular weight excluding hydrogens is 234 g/mol. The van der Waals surface area contributed by atoms with E-state index in [1.165, 1.54) is 0 Å². The highest BCUT2D eigenvalue weighted by Gasteiger charge is 2.17. The van der Waals surface area contributed by atoms with Gasteiger partial charge in [0.15, 0.2) is 0 Å². The number of benzene rings is 1. The van der Waals surface area contributed by atoms with Gasteiger partial charge in [0.2, 0.25) is 0 Å². The van der Waals surface area contributed by atoms with E-state index in [1.807, 2.05) is 18.5 Å². The van der Waals surface area contributed by atoms with Gasteiger partial charge in [-0.25, -0.2) is 9.59 Å². The smallest absolute Gasteiger partial charge is 0.441 e. The molecule has 0 saturated carbocycles. The molecule has 5 heteroatoms. The first-order valence-electron chi connectivity index (χ1n) is 5.55. The van der Waals surface area contributed by atoms with Crippen LogP contribution in [-0.2, 0) is 9.57 Å². The summed E-state index contributed by atoms with van der Waals surface area (Å²) in [5.41, 5.74) is 2.61. The summed E-state index contributed by atoms with van der Waals surface area (Å²) < 4.78 is 4.92. The first-order valence-corrected chi connectivity index (χ1v) is 5.55. The van der Waals surface area contributed by atoms with Gasteiger partial charge in [-0.3, -0.25) is 0 Å². The van der Waals surface area contributed by atoms with Gasteiger partial charge < -0.3 is 9.57 Å². The summed E-state index contributed by atoms with van der Waals surface area (Å²) >= 11 is 0. The van der Waals surface area contributed by atoms with Gasteiger partial charge in [-0.1, -0.05) is 17.7 Å². The predicted octanol–water partition coefficient (Wildman–Crippen LogP) is 2.59. The third kappa shape index (κ3) is 4.86. The molecule has 5 nitrogen and oxygen atoms in total. The quantitative estimate of drug-likeness (QED) is 0.779. The predicted molar refractivity (Wildman–Crippen MR) is 66.0 cm³/mol. The molecule has 98 valence electrons. The zero-order valence-corrected chi connectivity index (χ0v) is 10.9. The van der Waals surface area contributed by atoms with Crippen LogP contribution in [0.3, 0.4) is 0 Å². The zero-order chi connectivity index (χ0) is 13.8. The number of rotatable bonds is 1. The van der Waals surface area contributed by atoms with Crippen LogP contribution >= 0.6 is 0 Å². The Morgan fingerprint density at radius 2 is 1.89 bits per heavy atom. The number of nitrogens with one attached hydrogen (secondary N) is 1. The molecule has 1 aromatic rings. The van der Waals surface area contributed by atoms with Gasteiger partial charge in [-0.15, -0.1) is 5.48 Å². The SMILES string of the molecule is Cc1cccc(C(=O)ONC(=O)OC(C)(C)C)c1. The van der Waals surface area contributed by atoms with Gasteiger partial charge in [0.05, 0.1) is 5.56 Å². The maximum absolute atomic E-state index is 11.6. The van der Waals surface area contributed by atoms with Gasteiger partial charge in [-0.05, 0) is 39.8 Å². The van der Waals surface area contributed by atoms with Crippen LogP contribution in [0.4, 0.5) is 4.79 Å². The van der Waals surface area contributed by atoms with E-state index in [4.69, 9.17) is 4.74 Å². The second-order valence-corrected chi connectivity index (χ2v) is 4.86. The van der Waals surface area contributed by atoms with E-state index in [-0.39, 0.29) is 0 Å². The van der Waals surface area contributed by atoms with Crippen LogP contribution in [0.25, 0.3) is 0 Å². The van der Waals surface area contributed by atoms with E-state index in [2.05, 4.69) is 4.84 Å². The van der Waals surface area contributed by atoms with Gasteiger partial charge in [0.25, 0.3) is 0 Å². The maximum atomic E-state index is 11.6. The Labute approximate surface area is 106 Å². The molecule has 0 bridgehead atoms. The van der Waals surface area contributed by atoms with Gasteiger partial charge in [0, 0.05) is 0 Å². The lowest BCUT2D eigenvalue weighted by molar-refractivity contribution is -0.00130. The largest absolute Gasteiger partial charge is 0.442 e. The van der Waals surface area contributed by atoms with Crippen molar-refractivity contribution in [1.29, 1.82) is 0 Å². The molecule has 18 heavy (non-hydrogen) atoms. The Hall–Kier alpha value is -2.04. The van der Waals surface area contributed by atoms with E-state index in [9.17, 15) is 9.59 Å². The highest BCUT2D eigenvalue weighted by atomic mass is 16.7. The molecule has 0 saturated heterocycles. The number of amides is 1. The Kier molecular flexibility index (Phi) is 4.31. The summed E-state index contributed by atoms with van der Waals surface area (Å²) in [6.45, 7) is 7.01. The third-order valence-corrected chi connectivity index (χ3v) is 1.88. The molecule has 0 spiro atoms. The van der Waals surface area contributed by atoms with Crippen molar-refractivity contribution in [2.45, 2.75) is 33.3 Å². The topological polar surface area (TPSA) is 64.6 Å². The van der Waals surface area contributed by atoms with E-state index in [1.54, 1.807) is 39.0 Å². The fraction of sp³-hybridized carbons (Fsp3) is 0.385. The van der Waals surface area contributed by atoms with Crippen molar-refractivity contribution in [3.8, 4) is 0 Å². The van der Waals surface area contributed by atoms with Crippen LogP contribution in [-0.4, -0.2) is 17.7 Å². The Morgan fingerprint density at radius 3 is 2.44 bits per heavy atom. The normalized spacial score (nSPS) is 10.7. The van der Waals surface area contributed by atoms with Crippen LogP contribution in [0, 0.1) is 6.92 Å². The molecule has 0 atom stereocenters. The number of carbonyl (C=O) groups excluding carboxylic acids is 2. The van der Waals surface area contributed by atoms with Crippen LogP contribution in [0.1, 0.15) is 36.7 Å². The molecule has 0 aromatic heterocycles. The maximum Gasteiger partial charge on any atom is 0.441 e. The van der Waals surface area contributed by atoms with Gasteiger partial charge in [0.1, 0.15) is 5.60 Å². The van der Waals surface area contributed by atoms with E-state index < -0.39 is 17.7 Å². The fourth-order valence-electron chi connectivity index (χ4n) is 1.22. The van der Waals surface area contributed by atoms with Crippen molar-refractivity contribution in [1.82, 2.24) is 5.48 Å². The Bertz CT molecular complexity index is 449. The molecule has 0 aliphatic rings. The third-order valence-electron chi connectivity index (χ3n) is 1.88. The summed E-state index contributed by atoms with van der Waals surface area (Å²) in [6, 6.07) is 6.86. The zero-order valence-electron chi connectivity index (χ0n) is 10.9. The van der Waals surface area contributed by atoms with Crippen molar-refractivity contribution in [3.63, 3.8) is 0 Å². The first kappa shape index (κ1) is 14.0. The molecule has 0 radical (unpaired) electrons. The first-order chi connectivity index (χ1) is 8.28. The lowest BCUT2D eigenvalue weighted by Gasteiger charge is -2.19. The Balaban J connectivity index is 2.49. The summed E-state index contributed by atoms with van der Waals surface area (Å²) in [7, 11) is 0.